The van der Waals surface area contributed by atoms with Gasteiger partial charge in [0.05, 0.1) is 0 Å². The van der Waals surface area contributed by atoms with Crippen LogP contribution in [0, 0.1) is 11.8 Å². The highest BCUT2D eigenvalue weighted by atomic mass is 32.2. The average Bonchev–Trinajstić information content (AvgIpc) is 2.99. The standard InChI is InChI=1S/C15H29N3O2S/c1-16-9-11-17(12-10-16)21(19,20)18-8-7-15(13-18)14-5-3-2-4-6-14/h14-15H,2-13H2,1H3/t15-/m0/s1. The average molecular weight is 315 g/mol. The van der Waals surface area contributed by atoms with Crippen molar-refractivity contribution >= 4 is 10.2 Å². The number of likely N-dealkylation sites (N-methyl/N-ethyl adjacent to an activating group) is 1. The summed E-state index contributed by atoms with van der Waals surface area (Å²) in [5.74, 6) is 1.37. The van der Waals surface area contributed by atoms with Crippen molar-refractivity contribution in [3.05, 3.63) is 0 Å². The molecule has 21 heavy (non-hydrogen) atoms. The first-order valence-corrected chi connectivity index (χ1v) is 9.91. The first kappa shape index (κ1) is 15.7. The molecule has 0 aromatic rings. The molecule has 0 bridgehead atoms. The molecule has 0 aromatic carbocycles. The van der Waals surface area contributed by atoms with E-state index in [9.17, 15) is 8.42 Å². The summed E-state index contributed by atoms with van der Waals surface area (Å²) in [5.41, 5.74) is 0. The molecule has 6 heteroatoms. The largest absolute Gasteiger partial charge is 0.304 e. The Balaban J connectivity index is 1.59. The van der Waals surface area contributed by atoms with Crippen molar-refractivity contribution in [3.63, 3.8) is 0 Å². The van der Waals surface area contributed by atoms with Gasteiger partial charge in [-0.3, -0.25) is 0 Å². The molecule has 1 aliphatic carbocycles. The third kappa shape index (κ3) is 3.44. The lowest BCUT2D eigenvalue weighted by Gasteiger charge is -2.34. The SMILES string of the molecule is CN1CCN(S(=O)(=O)N2CC[C@H](C3CCCCC3)C2)CC1. The molecule has 1 atom stereocenters. The molecule has 0 N–H and O–H groups in total. The second-order valence-electron chi connectivity index (χ2n) is 7.01. The Bertz CT molecular complexity index is 440. The Morgan fingerprint density at radius 3 is 2.10 bits per heavy atom. The molecule has 3 rings (SSSR count). The first-order valence-electron chi connectivity index (χ1n) is 8.51. The van der Waals surface area contributed by atoms with Crippen LogP contribution < -0.4 is 0 Å². The lowest BCUT2D eigenvalue weighted by molar-refractivity contribution is 0.211. The zero-order chi connectivity index (χ0) is 14.9. The number of rotatable bonds is 3. The van der Waals surface area contributed by atoms with Crippen molar-refractivity contribution in [2.45, 2.75) is 38.5 Å². The predicted octanol–water partition coefficient (Wildman–Crippen LogP) is 1.38. The molecule has 0 radical (unpaired) electrons. The van der Waals surface area contributed by atoms with Gasteiger partial charge in [0.1, 0.15) is 0 Å². The number of piperazine rings is 1. The van der Waals surface area contributed by atoms with Crippen LogP contribution in [0.5, 0.6) is 0 Å². The van der Waals surface area contributed by atoms with Crippen molar-refractivity contribution < 1.29 is 8.42 Å². The first-order chi connectivity index (χ1) is 10.1. The topological polar surface area (TPSA) is 43.9 Å². The van der Waals surface area contributed by atoms with Crippen LogP contribution in [0.3, 0.4) is 0 Å². The Morgan fingerprint density at radius 1 is 0.762 bits per heavy atom. The highest BCUT2D eigenvalue weighted by Gasteiger charge is 2.39. The summed E-state index contributed by atoms with van der Waals surface area (Å²) in [5, 5.41) is 0. The van der Waals surface area contributed by atoms with Crippen LogP contribution in [0.2, 0.25) is 0 Å². The van der Waals surface area contributed by atoms with Gasteiger partial charge in [-0.15, -0.1) is 0 Å². The van der Waals surface area contributed by atoms with Gasteiger partial charge in [0.2, 0.25) is 0 Å². The molecule has 2 aliphatic heterocycles. The second-order valence-corrected chi connectivity index (χ2v) is 8.94. The third-order valence-electron chi connectivity index (χ3n) is 5.62. The molecular weight excluding hydrogens is 286 g/mol. The van der Waals surface area contributed by atoms with Crippen molar-refractivity contribution in [3.8, 4) is 0 Å². The zero-order valence-corrected chi connectivity index (χ0v) is 14.0. The van der Waals surface area contributed by atoms with Crippen molar-refractivity contribution in [1.29, 1.82) is 0 Å². The maximum atomic E-state index is 12.8. The van der Waals surface area contributed by atoms with Crippen LogP contribution in [-0.4, -0.2) is 68.2 Å². The summed E-state index contributed by atoms with van der Waals surface area (Å²) in [6.07, 6.45) is 7.74. The molecule has 122 valence electrons. The molecule has 2 saturated heterocycles. The Hall–Kier alpha value is -0.170. The molecule has 3 fully saturated rings. The van der Waals surface area contributed by atoms with E-state index in [1.165, 1.54) is 32.1 Å². The van der Waals surface area contributed by atoms with E-state index >= 15 is 0 Å². The van der Waals surface area contributed by atoms with E-state index in [2.05, 4.69) is 11.9 Å². The number of nitrogens with zero attached hydrogens (tertiary/aromatic N) is 3. The summed E-state index contributed by atoms with van der Waals surface area (Å²) < 4.78 is 29.0. The maximum Gasteiger partial charge on any atom is 0.282 e. The third-order valence-corrected chi connectivity index (χ3v) is 7.62. The van der Waals surface area contributed by atoms with E-state index < -0.39 is 10.2 Å². The van der Waals surface area contributed by atoms with E-state index in [4.69, 9.17) is 0 Å². The van der Waals surface area contributed by atoms with Gasteiger partial charge in [-0.05, 0) is 25.3 Å². The lowest BCUT2D eigenvalue weighted by atomic mass is 9.80. The van der Waals surface area contributed by atoms with Crippen LogP contribution >= 0.6 is 0 Å². The smallest absolute Gasteiger partial charge is 0.282 e. The predicted molar refractivity (Wildman–Crippen MR) is 84.2 cm³/mol. The molecule has 2 heterocycles. The van der Waals surface area contributed by atoms with E-state index in [1.54, 1.807) is 8.61 Å². The van der Waals surface area contributed by atoms with Gasteiger partial charge < -0.3 is 4.90 Å². The summed E-state index contributed by atoms with van der Waals surface area (Å²) in [6, 6.07) is 0. The van der Waals surface area contributed by atoms with Gasteiger partial charge in [0, 0.05) is 39.3 Å². The van der Waals surface area contributed by atoms with Gasteiger partial charge in [0.15, 0.2) is 0 Å². The molecular formula is C15H29N3O2S. The summed E-state index contributed by atoms with van der Waals surface area (Å²) in [4.78, 5) is 2.20. The van der Waals surface area contributed by atoms with Crippen molar-refractivity contribution in [2.24, 2.45) is 11.8 Å². The van der Waals surface area contributed by atoms with E-state index in [0.29, 0.717) is 19.0 Å². The van der Waals surface area contributed by atoms with Gasteiger partial charge in [0.25, 0.3) is 10.2 Å². The molecule has 0 spiro atoms. The Kier molecular flexibility index (Phi) is 4.88. The minimum Gasteiger partial charge on any atom is -0.304 e. The van der Waals surface area contributed by atoms with E-state index in [0.717, 1.165) is 38.5 Å². The summed E-state index contributed by atoms with van der Waals surface area (Å²) in [7, 11) is -1.16. The number of hydrogen-bond donors (Lipinski definition) is 0. The second kappa shape index (κ2) is 6.52. The minimum atomic E-state index is -3.22. The lowest BCUT2D eigenvalue weighted by Crippen LogP contribution is -2.51. The van der Waals surface area contributed by atoms with Gasteiger partial charge >= 0.3 is 0 Å². The minimum absolute atomic E-state index is 0.604. The quantitative estimate of drug-likeness (QED) is 0.790. The van der Waals surface area contributed by atoms with Gasteiger partial charge in [-0.1, -0.05) is 32.1 Å². The molecule has 0 aromatic heterocycles. The van der Waals surface area contributed by atoms with Crippen LogP contribution in [0.1, 0.15) is 38.5 Å². The fourth-order valence-corrected chi connectivity index (χ4v) is 5.80. The monoisotopic (exact) mass is 315 g/mol. The molecule has 0 unspecified atom stereocenters. The van der Waals surface area contributed by atoms with Gasteiger partial charge in [-0.25, -0.2) is 0 Å². The number of hydrogen-bond acceptors (Lipinski definition) is 3. The highest BCUT2D eigenvalue weighted by molar-refractivity contribution is 7.86. The molecule has 5 nitrogen and oxygen atoms in total. The molecule has 1 saturated carbocycles. The van der Waals surface area contributed by atoms with Crippen LogP contribution in [0.25, 0.3) is 0 Å². The molecule has 0 amide bonds. The fraction of sp³-hybridized carbons (Fsp3) is 1.00. The van der Waals surface area contributed by atoms with E-state index in [-0.39, 0.29) is 0 Å². The Labute approximate surface area is 129 Å². The normalized spacial score (nSPS) is 31.8. The fourth-order valence-electron chi connectivity index (χ4n) is 4.14. The maximum absolute atomic E-state index is 12.8. The summed E-state index contributed by atoms with van der Waals surface area (Å²) in [6.45, 7) is 4.47. The van der Waals surface area contributed by atoms with Crippen LogP contribution in [0.4, 0.5) is 0 Å². The molecule has 3 aliphatic rings. The highest BCUT2D eigenvalue weighted by Crippen LogP contribution is 2.36. The Morgan fingerprint density at radius 2 is 1.43 bits per heavy atom. The van der Waals surface area contributed by atoms with Gasteiger partial charge in [-0.2, -0.15) is 17.0 Å². The van der Waals surface area contributed by atoms with Crippen LogP contribution in [0.15, 0.2) is 0 Å². The zero-order valence-electron chi connectivity index (χ0n) is 13.2. The van der Waals surface area contributed by atoms with E-state index in [1.807, 2.05) is 0 Å². The van der Waals surface area contributed by atoms with Crippen molar-refractivity contribution in [1.82, 2.24) is 13.5 Å². The summed E-state index contributed by atoms with van der Waals surface area (Å²) >= 11 is 0. The van der Waals surface area contributed by atoms with Crippen molar-refractivity contribution in [2.75, 3.05) is 46.3 Å². The van der Waals surface area contributed by atoms with Crippen LogP contribution in [-0.2, 0) is 10.2 Å².